The Morgan fingerprint density at radius 3 is 3.00 bits per heavy atom. The molecule has 0 radical (unpaired) electrons. The number of rotatable bonds is 5. The third-order valence-electron chi connectivity index (χ3n) is 3.30. The summed E-state index contributed by atoms with van der Waals surface area (Å²) in [5.74, 6) is 0.843. The molecule has 0 aliphatic heterocycles. The van der Waals surface area contributed by atoms with Crippen LogP contribution in [0, 0.1) is 0 Å². The van der Waals surface area contributed by atoms with Gasteiger partial charge in [0.05, 0.1) is 16.1 Å². The van der Waals surface area contributed by atoms with Crippen molar-refractivity contribution in [1.29, 1.82) is 0 Å². The van der Waals surface area contributed by atoms with Gasteiger partial charge in [-0.1, -0.05) is 6.07 Å². The predicted molar refractivity (Wildman–Crippen MR) is 86.8 cm³/mol. The molecule has 0 fully saturated rings. The van der Waals surface area contributed by atoms with Gasteiger partial charge in [-0.25, -0.2) is 4.98 Å². The molecule has 0 aromatic carbocycles. The molecule has 112 valence electrons. The van der Waals surface area contributed by atoms with Gasteiger partial charge in [0.2, 0.25) is 0 Å². The van der Waals surface area contributed by atoms with Crippen molar-refractivity contribution in [3.63, 3.8) is 0 Å². The van der Waals surface area contributed by atoms with Crippen molar-refractivity contribution in [2.45, 2.75) is 6.42 Å². The Balaban J connectivity index is 1.59. The van der Waals surface area contributed by atoms with Crippen molar-refractivity contribution in [2.75, 3.05) is 6.54 Å². The molecule has 0 spiro atoms. The normalized spacial score (nSPS) is 10.6. The van der Waals surface area contributed by atoms with Crippen LogP contribution in [0.25, 0.3) is 10.6 Å². The highest BCUT2D eigenvalue weighted by Gasteiger charge is 2.09. The van der Waals surface area contributed by atoms with Crippen molar-refractivity contribution in [3.05, 3.63) is 59.6 Å². The summed E-state index contributed by atoms with van der Waals surface area (Å²) in [5, 5.41) is 4.93. The fourth-order valence-corrected chi connectivity index (χ4v) is 2.85. The van der Waals surface area contributed by atoms with E-state index >= 15 is 0 Å². The number of carbonyl (C=O) groups excluding carboxylic acids is 1. The Morgan fingerprint density at radius 1 is 1.36 bits per heavy atom. The molecule has 0 saturated carbocycles. The number of thiophene rings is 1. The molecule has 0 bridgehead atoms. The zero-order valence-electron chi connectivity index (χ0n) is 12.2. The van der Waals surface area contributed by atoms with E-state index in [4.69, 9.17) is 0 Å². The van der Waals surface area contributed by atoms with E-state index in [9.17, 15) is 4.79 Å². The molecule has 5 nitrogen and oxygen atoms in total. The van der Waals surface area contributed by atoms with Gasteiger partial charge in [-0.05, 0) is 23.6 Å². The first-order valence-corrected chi connectivity index (χ1v) is 7.86. The van der Waals surface area contributed by atoms with E-state index in [2.05, 4.69) is 21.4 Å². The highest BCUT2D eigenvalue weighted by molar-refractivity contribution is 7.13. The Bertz CT molecular complexity index is 750. The molecule has 1 N–H and O–H groups in total. The van der Waals surface area contributed by atoms with Crippen molar-refractivity contribution in [3.8, 4) is 10.6 Å². The first-order valence-electron chi connectivity index (χ1n) is 6.98. The van der Waals surface area contributed by atoms with Crippen LogP contribution in [-0.4, -0.2) is 27.0 Å². The fourth-order valence-electron chi connectivity index (χ4n) is 2.17. The minimum absolute atomic E-state index is 0.110. The zero-order valence-corrected chi connectivity index (χ0v) is 13.0. The van der Waals surface area contributed by atoms with Gasteiger partial charge in [-0.2, -0.15) is 0 Å². The highest BCUT2D eigenvalue weighted by atomic mass is 32.1. The van der Waals surface area contributed by atoms with Crippen LogP contribution in [0.15, 0.2) is 48.2 Å². The van der Waals surface area contributed by atoms with E-state index in [1.54, 1.807) is 35.9 Å². The van der Waals surface area contributed by atoms with E-state index in [0.29, 0.717) is 18.5 Å². The number of imidazole rings is 1. The van der Waals surface area contributed by atoms with E-state index in [1.807, 2.05) is 29.3 Å². The molecule has 22 heavy (non-hydrogen) atoms. The second kappa shape index (κ2) is 6.53. The molecule has 3 heterocycles. The summed E-state index contributed by atoms with van der Waals surface area (Å²) in [6, 6.07) is 7.57. The van der Waals surface area contributed by atoms with Crippen molar-refractivity contribution in [2.24, 2.45) is 7.05 Å². The maximum Gasteiger partial charge on any atom is 0.252 e. The Morgan fingerprint density at radius 2 is 2.27 bits per heavy atom. The molecule has 0 aliphatic rings. The summed E-state index contributed by atoms with van der Waals surface area (Å²) >= 11 is 1.67. The Labute approximate surface area is 132 Å². The van der Waals surface area contributed by atoms with Crippen molar-refractivity contribution < 1.29 is 4.79 Å². The van der Waals surface area contributed by atoms with E-state index in [1.165, 1.54) is 0 Å². The van der Waals surface area contributed by atoms with Gasteiger partial charge in [0.15, 0.2) is 0 Å². The van der Waals surface area contributed by atoms with Crippen LogP contribution in [0.5, 0.6) is 0 Å². The quantitative estimate of drug-likeness (QED) is 0.787. The number of amides is 1. The van der Waals surface area contributed by atoms with Crippen molar-refractivity contribution >= 4 is 17.2 Å². The molecule has 3 rings (SSSR count). The maximum absolute atomic E-state index is 11.9. The number of hydrogen-bond donors (Lipinski definition) is 1. The molecule has 3 aromatic rings. The lowest BCUT2D eigenvalue weighted by molar-refractivity contribution is 0.0953. The molecule has 0 atom stereocenters. The zero-order chi connectivity index (χ0) is 15.4. The summed E-state index contributed by atoms with van der Waals surface area (Å²) in [5.41, 5.74) is 1.55. The molecular weight excluding hydrogens is 296 g/mol. The molecule has 0 aliphatic carbocycles. The van der Waals surface area contributed by atoms with Crippen LogP contribution < -0.4 is 5.32 Å². The second-order valence-corrected chi connectivity index (χ2v) is 5.83. The van der Waals surface area contributed by atoms with Crippen LogP contribution in [0.4, 0.5) is 0 Å². The van der Waals surface area contributed by atoms with Crippen LogP contribution >= 0.6 is 11.3 Å². The van der Waals surface area contributed by atoms with Crippen molar-refractivity contribution in [1.82, 2.24) is 19.9 Å². The van der Waals surface area contributed by atoms with Crippen LogP contribution in [-0.2, 0) is 13.5 Å². The minimum atomic E-state index is -0.110. The van der Waals surface area contributed by atoms with Gasteiger partial charge in [-0.3, -0.25) is 9.78 Å². The maximum atomic E-state index is 11.9. The van der Waals surface area contributed by atoms with Crippen LogP contribution in [0.3, 0.4) is 0 Å². The highest BCUT2D eigenvalue weighted by Crippen LogP contribution is 2.23. The van der Waals surface area contributed by atoms with Crippen LogP contribution in [0.1, 0.15) is 16.2 Å². The van der Waals surface area contributed by atoms with Gasteiger partial charge in [0.1, 0.15) is 5.82 Å². The van der Waals surface area contributed by atoms with Gasteiger partial charge in [0, 0.05) is 38.6 Å². The number of hydrogen-bond acceptors (Lipinski definition) is 4. The number of nitrogens with one attached hydrogen (secondary N) is 1. The third kappa shape index (κ3) is 3.23. The molecule has 1 amide bonds. The van der Waals surface area contributed by atoms with Gasteiger partial charge in [0.25, 0.3) is 5.91 Å². The van der Waals surface area contributed by atoms with Crippen LogP contribution in [0.2, 0.25) is 0 Å². The molecule has 3 aromatic heterocycles. The van der Waals surface area contributed by atoms with E-state index in [-0.39, 0.29) is 5.91 Å². The van der Waals surface area contributed by atoms with Gasteiger partial charge >= 0.3 is 0 Å². The molecule has 6 heteroatoms. The Kier molecular flexibility index (Phi) is 4.29. The van der Waals surface area contributed by atoms with E-state index < -0.39 is 0 Å². The first kappa shape index (κ1) is 14.5. The lowest BCUT2D eigenvalue weighted by Gasteiger charge is -2.04. The number of aryl methyl sites for hydroxylation is 1. The average Bonchev–Trinajstić information content (AvgIpc) is 3.18. The number of nitrogens with zero attached hydrogens (tertiary/aromatic N) is 3. The lowest BCUT2D eigenvalue weighted by Crippen LogP contribution is -2.26. The number of pyridine rings is 1. The summed E-state index contributed by atoms with van der Waals surface area (Å²) < 4.78 is 2.01. The summed E-state index contributed by atoms with van der Waals surface area (Å²) in [6.07, 6.45) is 5.92. The second-order valence-electron chi connectivity index (χ2n) is 4.88. The number of aromatic nitrogens is 3. The van der Waals surface area contributed by atoms with Gasteiger partial charge < -0.3 is 9.88 Å². The molecule has 0 saturated heterocycles. The lowest BCUT2D eigenvalue weighted by atomic mass is 10.2. The standard InChI is InChI=1S/C16H16N4OS/c1-20-11-13(14-5-3-9-22-14)19-15(20)6-8-18-16(21)12-4-2-7-17-10-12/h2-5,7,9-11H,6,8H2,1H3,(H,18,21). The third-order valence-corrected chi connectivity index (χ3v) is 4.20. The number of carbonyl (C=O) groups is 1. The first-order chi connectivity index (χ1) is 10.7. The Hall–Kier alpha value is -2.47. The predicted octanol–water partition coefficient (Wildman–Crippen LogP) is 2.52. The minimum Gasteiger partial charge on any atom is -0.352 e. The largest absolute Gasteiger partial charge is 0.352 e. The van der Waals surface area contributed by atoms with E-state index in [0.717, 1.165) is 16.4 Å². The smallest absolute Gasteiger partial charge is 0.252 e. The topological polar surface area (TPSA) is 59.8 Å². The summed E-state index contributed by atoms with van der Waals surface area (Å²) in [6.45, 7) is 0.544. The fraction of sp³-hybridized carbons (Fsp3) is 0.188. The summed E-state index contributed by atoms with van der Waals surface area (Å²) in [4.78, 5) is 21.7. The monoisotopic (exact) mass is 312 g/mol. The summed E-state index contributed by atoms with van der Waals surface area (Å²) in [7, 11) is 1.97. The van der Waals surface area contributed by atoms with Gasteiger partial charge in [-0.15, -0.1) is 11.3 Å². The average molecular weight is 312 g/mol. The molecule has 0 unspecified atom stereocenters. The molecular formula is C16H16N4OS. The SMILES string of the molecule is Cn1cc(-c2cccs2)nc1CCNC(=O)c1cccnc1.